The monoisotopic (exact) mass is 379 g/mol. The van der Waals surface area contributed by atoms with Gasteiger partial charge in [-0.3, -0.25) is 0 Å². The second-order valence-corrected chi connectivity index (χ2v) is 7.69. The molecule has 6 heteroatoms. The minimum atomic E-state index is 0.246. The fourth-order valence-corrected chi connectivity index (χ4v) is 3.76. The summed E-state index contributed by atoms with van der Waals surface area (Å²) < 4.78 is 1.03. The molecule has 0 radical (unpaired) electrons. The van der Waals surface area contributed by atoms with Crippen LogP contribution in [0.4, 0.5) is 11.4 Å². The van der Waals surface area contributed by atoms with Gasteiger partial charge in [-0.15, -0.1) is 0 Å². The molecule has 3 rings (SSSR count). The van der Waals surface area contributed by atoms with E-state index in [1.54, 1.807) is 0 Å². The predicted molar refractivity (Wildman–Crippen MR) is 101 cm³/mol. The Bertz CT molecular complexity index is 666. The van der Waals surface area contributed by atoms with Crippen LogP contribution in [0.15, 0.2) is 16.9 Å². The van der Waals surface area contributed by atoms with E-state index in [1.165, 1.54) is 5.69 Å². The highest BCUT2D eigenvalue weighted by Crippen LogP contribution is 2.38. The molecule has 1 fully saturated rings. The van der Waals surface area contributed by atoms with Crippen molar-refractivity contribution in [3.63, 3.8) is 0 Å². The maximum Gasteiger partial charge on any atom is 0.141 e. The van der Waals surface area contributed by atoms with E-state index in [-0.39, 0.29) is 6.04 Å². The Morgan fingerprint density at radius 1 is 1.52 bits per heavy atom. The molecule has 0 aliphatic carbocycles. The van der Waals surface area contributed by atoms with Crippen LogP contribution < -0.4 is 16.0 Å². The number of hydrogen-bond acceptors (Lipinski definition) is 4. The van der Waals surface area contributed by atoms with Gasteiger partial charge in [-0.1, -0.05) is 13.8 Å². The number of hydrogen-bond donors (Lipinski definition) is 3. The first-order chi connectivity index (χ1) is 11.1. The number of fused-ring (bicyclic) bond motifs is 1. The summed E-state index contributed by atoms with van der Waals surface area (Å²) in [6.07, 6.45) is 7.30. The van der Waals surface area contributed by atoms with E-state index < -0.39 is 0 Å². The molecule has 1 aliphatic rings. The van der Waals surface area contributed by atoms with Gasteiger partial charge in [-0.25, -0.2) is 4.98 Å². The number of anilines is 2. The average Bonchev–Trinajstić information content (AvgIpc) is 2.90. The summed E-state index contributed by atoms with van der Waals surface area (Å²) in [4.78, 5) is 10.2. The molecule has 2 aromatic heterocycles. The quantitative estimate of drug-likeness (QED) is 0.740. The summed E-state index contributed by atoms with van der Waals surface area (Å²) in [5.41, 5.74) is 9.45. The second kappa shape index (κ2) is 7.09. The zero-order valence-corrected chi connectivity index (χ0v) is 15.5. The van der Waals surface area contributed by atoms with Crippen molar-refractivity contribution in [2.45, 2.75) is 39.2 Å². The summed E-state index contributed by atoms with van der Waals surface area (Å²) >= 11 is 3.70. The van der Waals surface area contributed by atoms with Crippen LogP contribution in [-0.4, -0.2) is 35.6 Å². The predicted octanol–water partition coefficient (Wildman–Crippen LogP) is 3.71. The highest BCUT2D eigenvalue weighted by molar-refractivity contribution is 9.10. The lowest BCUT2D eigenvalue weighted by molar-refractivity contribution is 0.506. The second-order valence-electron chi connectivity index (χ2n) is 6.84. The smallest absolute Gasteiger partial charge is 0.141 e. The van der Waals surface area contributed by atoms with E-state index in [2.05, 4.69) is 50.0 Å². The average molecular weight is 380 g/mol. The summed E-state index contributed by atoms with van der Waals surface area (Å²) in [6.45, 7) is 7.40. The molecule has 23 heavy (non-hydrogen) atoms. The molecule has 0 bridgehead atoms. The third kappa shape index (κ3) is 3.63. The molecule has 0 spiro atoms. The largest absolute Gasteiger partial charge is 0.383 e. The standard InChI is InChI=1S/C17H26BrN5/c1-11(2)5-6-20-14-9-22-17-15(14)16(13(18)8-21-17)23-7-3-4-12(19)10-23/h8-9,11-12,20H,3-7,10,19H2,1-2H3,(H,21,22)/t12-/m1/s1. The molecule has 1 saturated heterocycles. The molecule has 1 aliphatic heterocycles. The molecular formula is C17H26BrN5. The fraction of sp³-hybridized carbons (Fsp3) is 0.588. The van der Waals surface area contributed by atoms with E-state index in [4.69, 9.17) is 5.73 Å². The molecule has 0 amide bonds. The van der Waals surface area contributed by atoms with Crippen molar-refractivity contribution in [1.29, 1.82) is 0 Å². The Hall–Kier alpha value is -1.27. The van der Waals surface area contributed by atoms with Crippen molar-refractivity contribution in [2.75, 3.05) is 29.9 Å². The number of piperidine rings is 1. The van der Waals surface area contributed by atoms with Crippen molar-refractivity contribution >= 4 is 38.3 Å². The molecule has 0 aromatic carbocycles. The number of H-pyrrole nitrogens is 1. The van der Waals surface area contributed by atoms with E-state index in [9.17, 15) is 0 Å². The third-order valence-electron chi connectivity index (χ3n) is 4.44. The van der Waals surface area contributed by atoms with Crippen LogP contribution in [0.3, 0.4) is 0 Å². The molecule has 4 N–H and O–H groups in total. The van der Waals surface area contributed by atoms with Crippen LogP contribution in [0.1, 0.15) is 33.1 Å². The lowest BCUT2D eigenvalue weighted by Gasteiger charge is -2.33. The van der Waals surface area contributed by atoms with E-state index in [0.717, 1.165) is 60.1 Å². The van der Waals surface area contributed by atoms with Crippen LogP contribution in [0, 0.1) is 5.92 Å². The van der Waals surface area contributed by atoms with Crippen LogP contribution in [0.2, 0.25) is 0 Å². The Labute approximate surface area is 146 Å². The molecule has 2 aromatic rings. The van der Waals surface area contributed by atoms with Crippen LogP contribution in [-0.2, 0) is 0 Å². The number of pyridine rings is 1. The SMILES string of the molecule is CC(C)CCNc1c[nH]c2ncc(Br)c(N3CCC[C@@H](N)C3)c12. The zero-order chi connectivity index (χ0) is 16.4. The molecule has 3 heterocycles. The van der Waals surface area contributed by atoms with Gasteiger partial charge in [0.2, 0.25) is 0 Å². The summed E-state index contributed by atoms with van der Waals surface area (Å²) in [5, 5.41) is 4.73. The van der Waals surface area contributed by atoms with E-state index >= 15 is 0 Å². The number of aromatic amines is 1. The molecular weight excluding hydrogens is 354 g/mol. The van der Waals surface area contributed by atoms with Crippen LogP contribution in [0.25, 0.3) is 11.0 Å². The molecule has 0 unspecified atom stereocenters. The van der Waals surface area contributed by atoms with Gasteiger partial charge < -0.3 is 20.9 Å². The number of aromatic nitrogens is 2. The van der Waals surface area contributed by atoms with Crippen molar-refractivity contribution in [2.24, 2.45) is 11.7 Å². The number of rotatable bonds is 5. The van der Waals surface area contributed by atoms with Crippen molar-refractivity contribution in [1.82, 2.24) is 9.97 Å². The first-order valence-electron chi connectivity index (χ1n) is 8.46. The molecule has 126 valence electrons. The maximum atomic E-state index is 6.19. The molecule has 5 nitrogen and oxygen atoms in total. The minimum absolute atomic E-state index is 0.246. The van der Waals surface area contributed by atoms with Crippen LogP contribution >= 0.6 is 15.9 Å². The van der Waals surface area contributed by atoms with Gasteiger partial charge in [0, 0.05) is 38.1 Å². The van der Waals surface area contributed by atoms with Gasteiger partial charge in [0.25, 0.3) is 0 Å². The Morgan fingerprint density at radius 3 is 3.09 bits per heavy atom. The first-order valence-corrected chi connectivity index (χ1v) is 9.25. The van der Waals surface area contributed by atoms with Gasteiger partial charge in [0.1, 0.15) is 5.65 Å². The first kappa shape index (κ1) is 16.6. The topological polar surface area (TPSA) is 70.0 Å². The summed E-state index contributed by atoms with van der Waals surface area (Å²) in [5.74, 6) is 0.692. The molecule has 0 saturated carbocycles. The van der Waals surface area contributed by atoms with E-state index in [1.807, 2.05) is 12.4 Å². The lowest BCUT2D eigenvalue weighted by atomic mass is 10.1. The Kier molecular flexibility index (Phi) is 5.11. The van der Waals surface area contributed by atoms with Gasteiger partial charge in [-0.2, -0.15) is 0 Å². The maximum absolute atomic E-state index is 6.19. The van der Waals surface area contributed by atoms with Crippen molar-refractivity contribution in [3.8, 4) is 0 Å². The molecule has 1 atom stereocenters. The third-order valence-corrected chi connectivity index (χ3v) is 5.02. The van der Waals surface area contributed by atoms with Crippen molar-refractivity contribution < 1.29 is 0 Å². The summed E-state index contributed by atoms with van der Waals surface area (Å²) in [6, 6.07) is 0.246. The lowest BCUT2D eigenvalue weighted by Crippen LogP contribution is -2.43. The van der Waals surface area contributed by atoms with E-state index in [0.29, 0.717) is 5.92 Å². The van der Waals surface area contributed by atoms with Gasteiger partial charge >= 0.3 is 0 Å². The zero-order valence-electron chi connectivity index (χ0n) is 13.9. The van der Waals surface area contributed by atoms with Gasteiger partial charge in [-0.05, 0) is 41.1 Å². The highest BCUT2D eigenvalue weighted by atomic mass is 79.9. The van der Waals surface area contributed by atoms with Crippen molar-refractivity contribution in [3.05, 3.63) is 16.9 Å². The number of nitrogens with zero attached hydrogens (tertiary/aromatic N) is 2. The van der Waals surface area contributed by atoms with Crippen LogP contribution in [0.5, 0.6) is 0 Å². The summed E-state index contributed by atoms with van der Waals surface area (Å²) in [7, 11) is 0. The van der Waals surface area contributed by atoms with Gasteiger partial charge in [0.15, 0.2) is 0 Å². The Morgan fingerprint density at radius 2 is 2.35 bits per heavy atom. The fourth-order valence-electron chi connectivity index (χ4n) is 3.21. The number of nitrogens with one attached hydrogen (secondary N) is 2. The normalized spacial score (nSPS) is 18.8. The Balaban J connectivity index is 1.95. The number of halogens is 1. The number of nitrogens with two attached hydrogens (primary N) is 1. The highest BCUT2D eigenvalue weighted by Gasteiger charge is 2.23. The van der Waals surface area contributed by atoms with Gasteiger partial charge in [0.05, 0.1) is 21.2 Å². The minimum Gasteiger partial charge on any atom is -0.383 e.